The third-order valence-electron chi connectivity index (χ3n) is 5.27. The third-order valence-corrected chi connectivity index (χ3v) is 5.52. The highest BCUT2D eigenvalue weighted by atomic mass is 35.5. The van der Waals surface area contributed by atoms with Crippen molar-refractivity contribution in [2.45, 2.75) is 26.0 Å². The van der Waals surface area contributed by atoms with Gasteiger partial charge in [0.1, 0.15) is 17.7 Å². The molecular formula is C26H23ClFN3O2. The van der Waals surface area contributed by atoms with Gasteiger partial charge in [0.25, 0.3) is 0 Å². The largest absolute Gasteiger partial charge is 0.484 e. The fourth-order valence-corrected chi connectivity index (χ4v) is 3.66. The number of rotatable bonds is 7. The molecule has 5 nitrogen and oxygen atoms in total. The van der Waals surface area contributed by atoms with Crippen LogP contribution in [0, 0.1) is 5.82 Å². The predicted octanol–water partition coefficient (Wildman–Crippen LogP) is 6.02. The number of nitrogens with one attached hydrogen (secondary N) is 1. The summed E-state index contributed by atoms with van der Waals surface area (Å²) in [5.74, 6) is 0.0885. The summed E-state index contributed by atoms with van der Waals surface area (Å²) in [5.41, 5.74) is 2.92. The molecule has 0 bridgehead atoms. The van der Waals surface area contributed by atoms with Crippen molar-refractivity contribution >= 4 is 28.4 Å². The van der Waals surface area contributed by atoms with Crippen LogP contribution in [0.3, 0.4) is 0 Å². The lowest BCUT2D eigenvalue weighted by molar-refractivity contribution is -0.118. The summed E-state index contributed by atoms with van der Waals surface area (Å²) < 4.78 is 21.4. The molecule has 0 aliphatic carbocycles. The molecule has 2 atom stereocenters. The fraction of sp³-hybridized carbons (Fsp3) is 0.154. The van der Waals surface area contributed by atoms with E-state index < -0.39 is 6.10 Å². The lowest BCUT2D eigenvalue weighted by Gasteiger charge is -2.27. The number of aromatic nitrogens is 2. The maximum absolute atomic E-state index is 13.3. The van der Waals surface area contributed by atoms with Crippen LogP contribution in [0.2, 0.25) is 5.02 Å². The van der Waals surface area contributed by atoms with Gasteiger partial charge in [-0.25, -0.2) is 9.07 Å². The molecule has 1 aromatic heterocycles. The average molecular weight is 464 g/mol. The molecular weight excluding hydrogens is 441 g/mol. The lowest BCUT2D eigenvalue weighted by Crippen LogP contribution is -2.39. The van der Waals surface area contributed by atoms with Crippen LogP contribution in [-0.2, 0) is 4.79 Å². The smallest absolute Gasteiger partial charge is 0.246 e. The molecule has 0 saturated carbocycles. The number of hydrogen-bond donors (Lipinski definition) is 1. The zero-order chi connectivity index (χ0) is 23.5. The van der Waals surface area contributed by atoms with Gasteiger partial charge in [0, 0.05) is 16.0 Å². The van der Waals surface area contributed by atoms with Crippen LogP contribution in [0.25, 0.3) is 16.6 Å². The van der Waals surface area contributed by atoms with Crippen molar-refractivity contribution in [1.82, 2.24) is 15.1 Å². The Bertz CT molecular complexity index is 1300. The van der Waals surface area contributed by atoms with E-state index in [0.29, 0.717) is 16.3 Å². The Labute approximate surface area is 196 Å². The van der Waals surface area contributed by atoms with Crippen molar-refractivity contribution < 1.29 is 13.9 Å². The van der Waals surface area contributed by atoms with Gasteiger partial charge < -0.3 is 10.1 Å². The maximum atomic E-state index is 13.3. The van der Waals surface area contributed by atoms with Gasteiger partial charge >= 0.3 is 0 Å². The quantitative estimate of drug-likeness (QED) is 0.341. The number of carbonyl (C=O) groups is 1. The number of hydrogen-bond acceptors (Lipinski definition) is 3. The monoisotopic (exact) mass is 463 g/mol. The number of nitrogens with zero attached hydrogens (tertiary/aromatic N) is 2. The van der Waals surface area contributed by atoms with E-state index >= 15 is 0 Å². The topological polar surface area (TPSA) is 56.1 Å². The Morgan fingerprint density at radius 1 is 1.12 bits per heavy atom. The molecule has 0 fully saturated rings. The Balaban J connectivity index is 1.64. The van der Waals surface area contributed by atoms with Crippen molar-refractivity contribution in [3.05, 3.63) is 101 Å². The molecule has 1 heterocycles. The van der Waals surface area contributed by atoms with Gasteiger partial charge in [-0.2, -0.15) is 5.10 Å². The third kappa shape index (κ3) is 5.07. The van der Waals surface area contributed by atoms with Crippen LogP contribution in [0.4, 0.5) is 4.39 Å². The van der Waals surface area contributed by atoms with Gasteiger partial charge in [-0.15, -0.1) is 0 Å². The second-order valence-corrected chi connectivity index (χ2v) is 8.32. The zero-order valence-electron chi connectivity index (χ0n) is 18.3. The van der Waals surface area contributed by atoms with Crippen molar-refractivity contribution in [2.24, 2.45) is 0 Å². The Kier molecular flexibility index (Phi) is 6.47. The number of carbonyl (C=O) groups excluding carboxylic acids is 1. The van der Waals surface area contributed by atoms with Crippen LogP contribution in [0.15, 0.2) is 85.1 Å². The Hall–Kier alpha value is -3.64. The summed E-state index contributed by atoms with van der Waals surface area (Å²) in [6.07, 6.45) is 1.27. The molecule has 0 aliphatic rings. The van der Waals surface area contributed by atoms with Crippen LogP contribution < -0.4 is 10.1 Å². The minimum atomic E-state index is -0.463. The first-order valence-electron chi connectivity index (χ1n) is 10.4. The minimum absolute atomic E-state index is 0.235. The highest BCUT2D eigenvalue weighted by molar-refractivity contribution is 6.30. The molecule has 4 aromatic rings. The first-order chi connectivity index (χ1) is 15.8. The minimum Gasteiger partial charge on any atom is -0.484 e. The lowest BCUT2D eigenvalue weighted by atomic mass is 10.0. The van der Waals surface area contributed by atoms with Crippen LogP contribution in [0.1, 0.15) is 25.5 Å². The maximum Gasteiger partial charge on any atom is 0.246 e. The Morgan fingerprint density at radius 2 is 1.82 bits per heavy atom. The predicted molar refractivity (Wildman–Crippen MR) is 128 cm³/mol. The fourth-order valence-electron chi connectivity index (χ4n) is 3.54. The van der Waals surface area contributed by atoms with E-state index in [1.54, 1.807) is 42.1 Å². The Morgan fingerprint density at radius 3 is 2.48 bits per heavy atom. The zero-order valence-corrected chi connectivity index (χ0v) is 19.0. The van der Waals surface area contributed by atoms with E-state index in [9.17, 15) is 9.18 Å². The SMILES string of the molecule is C=C(C)C(=O)N[C@@H](C)[C@H](Oc1ccc2c(cnn2-c2ccc(F)cc2)c1)c1ccc(Cl)cc1. The van der Waals surface area contributed by atoms with Crippen molar-refractivity contribution in [1.29, 1.82) is 0 Å². The molecule has 0 aliphatic heterocycles. The molecule has 0 radical (unpaired) electrons. The highest BCUT2D eigenvalue weighted by Gasteiger charge is 2.24. The molecule has 168 valence electrons. The van der Waals surface area contributed by atoms with E-state index in [2.05, 4.69) is 17.0 Å². The van der Waals surface area contributed by atoms with E-state index in [-0.39, 0.29) is 17.8 Å². The van der Waals surface area contributed by atoms with Crippen LogP contribution >= 0.6 is 11.6 Å². The van der Waals surface area contributed by atoms with E-state index in [0.717, 1.165) is 22.2 Å². The van der Waals surface area contributed by atoms with Crippen molar-refractivity contribution in [3.63, 3.8) is 0 Å². The summed E-state index contributed by atoms with van der Waals surface area (Å²) in [6.45, 7) is 7.24. The number of fused-ring (bicyclic) bond motifs is 1. The molecule has 0 saturated heterocycles. The number of amides is 1. The molecule has 7 heteroatoms. The number of benzene rings is 3. The van der Waals surface area contributed by atoms with Crippen molar-refractivity contribution in [3.8, 4) is 11.4 Å². The molecule has 3 aromatic carbocycles. The molecule has 4 rings (SSSR count). The van der Waals surface area contributed by atoms with E-state index in [4.69, 9.17) is 16.3 Å². The molecule has 33 heavy (non-hydrogen) atoms. The average Bonchev–Trinajstić information content (AvgIpc) is 3.22. The van der Waals surface area contributed by atoms with Gasteiger partial charge in [-0.05, 0) is 74.0 Å². The first kappa shape index (κ1) is 22.6. The van der Waals surface area contributed by atoms with Gasteiger partial charge in [0.05, 0.1) is 23.4 Å². The van der Waals surface area contributed by atoms with Crippen molar-refractivity contribution in [2.75, 3.05) is 0 Å². The van der Waals surface area contributed by atoms with Gasteiger partial charge in [-0.1, -0.05) is 30.3 Å². The highest BCUT2D eigenvalue weighted by Crippen LogP contribution is 2.29. The van der Waals surface area contributed by atoms with E-state index in [1.807, 2.05) is 37.3 Å². The van der Waals surface area contributed by atoms with Gasteiger partial charge in [0.2, 0.25) is 5.91 Å². The number of halogens is 2. The molecule has 1 amide bonds. The summed E-state index contributed by atoms with van der Waals surface area (Å²) in [5, 5.41) is 8.85. The van der Waals surface area contributed by atoms with Gasteiger partial charge in [-0.3, -0.25) is 4.79 Å². The van der Waals surface area contributed by atoms with Crippen LogP contribution in [0.5, 0.6) is 5.75 Å². The second kappa shape index (κ2) is 9.46. The van der Waals surface area contributed by atoms with Crippen LogP contribution in [-0.4, -0.2) is 21.7 Å². The summed E-state index contributed by atoms with van der Waals surface area (Å²) in [6, 6.07) is 18.8. The van der Waals surface area contributed by atoms with Gasteiger partial charge in [0.15, 0.2) is 0 Å². The standard InChI is InChI=1S/C26H23ClFN3O2/c1-16(2)26(32)30-17(3)25(18-4-6-20(27)7-5-18)33-23-12-13-24-19(14-23)15-29-31(24)22-10-8-21(28)9-11-22/h4-15,17,25H,1H2,2-3H3,(H,30,32)/t17-,25-/m0/s1. The van der Waals surface area contributed by atoms with E-state index in [1.165, 1.54) is 12.1 Å². The summed E-state index contributed by atoms with van der Waals surface area (Å²) >= 11 is 6.06. The molecule has 1 N–H and O–H groups in total. The first-order valence-corrected chi connectivity index (χ1v) is 10.8. The molecule has 0 spiro atoms. The second-order valence-electron chi connectivity index (χ2n) is 7.89. The summed E-state index contributed by atoms with van der Waals surface area (Å²) in [4.78, 5) is 12.2. The normalized spacial score (nSPS) is 12.8. The summed E-state index contributed by atoms with van der Waals surface area (Å²) in [7, 11) is 0. The number of ether oxygens (including phenoxy) is 1. The molecule has 0 unspecified atom stereocenters.